The summed E-state index contributed by atoms with van der Waals surface area (Å²) in [6.45, 7) is 5.48. The number of hydrogen-bond acceptors (Lipinski definition) is 4. The zero-order valence-electron chi connectivity index (χ0n) is 21.0. The molecule has 1 amide bonds. The number of likely N-dealkylation sites (N-methyl/N-ethyl adjacent to an activating group) is 1. The molecule has 0 N–H and O–H groups in total. The first kappa shape index (κ1) is 23.6. The van der Waals surface area contributed by atoms with Gasteiger partial charge in [-0.05, 0) is 56.7 Å². The third-order valence-corrected chi connectivity index (χ3v) is 8.78. The van der Waals surface area contributed by atoms with Crippen molar-refractivity contribution in [2.45, 2.75) is 63.5 Å². The molecule has 1 saturated heterocycles. The van der Waals surface area contributed by atoms with Gasteiger partial charge in [-0.15, -0.1) is 0 Å². The van der Waals surface area contributed by atoms with Crippen LogP contribution in [0, 0.1) is 5.92 Å². The Kier molecular flexibility index (Phi) is 6.81. The molecule has 0 atom stereocenters. The van der Waals surface area contributed by atoms with E-state index in [0.29, 0.717) is 6.54 Å². The molecule has 6 nitrogen and oxygen atoms in total. The van der Waals surface area contributed by atoms with Gasteiger partial charge in [0, 0.05) is 56.8 Å². The van der Waals surface area contributed by atoms with Crippen LogP contribution in [0.25, 0.3) is 10.9 Å². The van der Waals surface area contributed by atoms with E-state index in [0.717, 1.165) is 87.7 Å². The molecule has 34 heavy (non-hydrogen) atoms. The standard InChI is InChI=1S/C28H40N4O2/c1-29-15-17-32(18-16-29)28(13-8-14-28)21-31(27(34)22-9-4-3-5-10-22)20-24-19-23-11-6-7-12-25(23)30(2)26(24)33/h6-7,11-12,19,22H,3-5,8-10,13-18,20-21H2,1-2H3. The monoisotopic (exact) mass is 464 g/mol. The molecule has 0 unspecified atom stereocenters. The maximum atomic E-state index is 13.9. The molecule has 2 saturated carbocycles. The lowest BCUT2D eigenvalue weighted by molar-refractivity contribution is -0.141. The lowest BCUT2D eigenvalue weighted by atomic mass is 9.74. The fourth-order valence-corrected chi connectivity index (χ4v) is 6.42. The summed E-state index contributed by atoms with van der Waals surface area (Å²) in [5, 5.41) is 1.06. The van der Waals surface area contributed by atoms with Crippen LogP contribution in [-0.2, 0) is 18.4 Å². The molecule has 5 rings (SSSR count). The molecule has 0 bridgehead atoms. The fourth-order valence-electron chi connectivity index (χ4n) is 6.42. The Morgan fingerprint density at radius 3 is 2.38 bits per heavy atom. The predicted molar refractivity (Wildman–Crippen MR) is 137 cm³/mol. The second-order valence-electron chi connectivity index (χ2n) is 11.0. The first-order valence-corrected chi connectivity index (χ1v) is 13.3. The lowest BCUT2D eigenvalue weighted by Gasteiger charge is -2.54. The number of benzene rings is 1. The largest absolute Gasteiger partial charge is 0.336 e. The fraction of sp³-hybridized carbons (Fsp3) is 0.643. The van der Waals surface area contributed by atoms with Gasteiger partial charge in [0.05, 0.1) is 12.1 Å². The number of pyridine rings is 1. The second kappa shape index (κ2) is 9.82. The van der Waals surface area contributed by atoms with Gasteiger partial charge in [-0.2, -0.15) is 0 Å². The number of para-hydroxylation sites is 1. The van der Waals surface area contributed by atoms with Crippen molar-refractivity contribution < 1.29 is 4.79 Å². The molecule has 1 aromatic carbocycles. The van der Waals surface area contributed by atoms with Gasteiger partial charge in [0.25, 0.3) is 5.56 Å². The van der Waals surface area contributed by atoms with Gasteiger partial charge in [0.15, 0.2) is 0 Å². The maximum absolute atomic E-state index is 13.9. The summed E-state index contributed by atoms with van der Waals surface area (Å²) < 4.78 is 1.74. The normalized spacial score (nSPS) is 21.9. The van der Waals surface area contributed by atoms with Crippen molar-refractivity contribution in [1.82, 2.24) is 19.3 Å². The minimum absolute atomic E-state index is 0.0161. The summed E-state index contributed by atoms with van der Waals surface area (Å²) in [6, 6.07) is 10.0. The van der Waals surface area contributed by atoms with E-state index in [2.05, 4.69) is 27.8 Å². The number of fused-ring (bicyclic) bond motifs is 1. The minimum atomic E-state index is 0.0161. The smallest absolute Gasteiger partial charge is 0.255 e. The SMILES string of the molecule is CN1CCN(C2(CN(Cc3cc4ccccc4n(C)c3=O)C(=O)C3CCCCC3)CCC2)CC1. The number of rotatable bonds is 6. The van der Waals surface area contributed by atoms with E-state index < -0.39 is 0 Å². The quantitative estimate of drug-likeness (QED) is 0.655. The highest BCUT2D eigenvalue weighted by Gasteiger charge is 2.45. The van der Waals surface area contributed by atoms with E-state index in [1.54, 1.807) is 4.57 Å². The first-order valence-electron chi connectivity index (χ1n) is 13.3. The van der Waals surface area contributed by atoms with Gasteiger partial charge in [0.2, 0.25) is 5.91 Å². The summed E-state index contributed by atoms with van der Waals surface area (Å²) in [7, 11) is 4.04. The van der Waals surface area contributed by atoms with E-state index in [1.807, 2.05) is 31.3 Å². The minimum Gasteiger partial charge on any atom is -0.336 e. The van der Waals surface area contributed by atoms with Crippen LogP contribution in [-0.4, -0.2) is 70.5 Å². The molecule has 2 heterocycles. The van der Waals surface area contributed by atoms with Crippen LogP contribution in [0.3, 0.4) is 0 Å². The summed E-state index contributed by atoms with van der Waals surface area (Å²) in [6.07, 6.45) is 9.05. The van der Waals surface area contributed by atoms with Crippen LogP contribution >= 0.6 is 0 Å². The number of hydrogen-bond donors (Lipinski definition) is 0. The van der Waals surface area contributed by atoms with Crippen LogP contribution in [0.4, 0.5) is 0 Å². The number of carbonyl (C=O) groups excluding carboxylic acids is 1. The summed E-state index contributed by atoms with van der Waals surface area (Å²) in [5.41, 5.74) is 1.77. The molecule has 2 aromatic rings. The van der Waals surface area contributed by atoms with Gasteiger partial charge in [-0.1, -0.05) is 37.5 Å². The van der Waals surface area contributed by atoms with E-state index in [9.17, 15) is 9.59 Å². The molecule has 0 spiro atoms. The van der Waals surface area contributed by atoms with Crippen molar-refractivity contribution in [3.63, 3.8) is 0 Å². The molecular formula is C28H40N4O2. The maximum Gasteiger partial charge on any atom is 0.255 e. The van der Waals surface area contributed by atoms with Crippen molar-refractivity contribution >= 4 is 16.8 Å². The molecule has 184 valence electrons. The summed E-state index contributed by atoms with van der Waals surface area (Å²) in [4.78, 5) is 34.3. The van der Waals surface area contributed by atoms with Gasteiger partial charge in [0.1, 0.15) is 0 Å². The van der Waals surface area contributed by atoms with Gasteiger partial charge >= 0.3 is 0 Å². The molecule has 3 fully saturated rings. The van der Waals surface area contributed by atoms with Crippen molar-refractivity contribution in [3.05, 3.63) is 46.2 Å². The number of aromatic nitrogens is 1. The first-order chi connectivity index (χ1) is 16.5. The van der Waals surface area contributed by atoms with Gasteiger partial charge < -0.3 is 14.4 Å². The van der Waals surface area contributed by atoms with Crippen molar-refractivity contribution in [3.8, 4) is 0 Å². The number of amides is 1. The highest BCUT2D eigenvalue weighted by atomic mass is 16.2. The zero-order chi connectivity index (χ0) is 23.7. The summed E-state index contributed by atoms with van der Waals surface area (Å²) >= 11 is 0. The molecule has 0 radical (unpaired) electrons. The van der Waals surface area contributed by atoms with Crippen LogP contribution in [0.15, 0.2) is 35.1 Å². The number of aryl methyl sites for hydroxylation is 1. The van der Waals surface area contributed by atoms with E-state index in [-0.39, 0.29) is 22.9 Å². The lowest BCUT2D eigenvalue weighted by Crippen LogP contribution is -2.64. The Bertz CT molecular complexity index is 1080. The zero-order valence-corrected chi connectivity index (χ0v) is 21.0. The Morgan fingerprint density at radius 2 is 1.71 bits per heavy atom. The van der Waals surface area contributed by atoms with Crippen LogP contribution in [0.5, 0.6) is 0 Å². The van der Waals surface area contributed by atoms with E-state index in [1.165, 1.54) is 12.8 Å². The van der Waals surface area contributed by atoms with Crippen molar-refractivity contribution in [1.29, 1.82) is 0 Å². The average Bonchev–Trinajstić information content (AvgIpc) is 2.84. The predicted octanol–water partition coefficient (Wildman–Crippen LogP) is 3.62. The van der Waals surface area contributed by atoms with Gasteiger partial charge in [-0.3, -0.25) is 14.5 Å². The van der Waals surface area contributed by atoms with Crippen molar-refractivity contribution in [2.75, 3.05) is 39.8 Å². The molecular weight excluding hydrogens is 424 g/mol. The molecule has 1 aliphatic heterocycles. The summed E-state index contributed by atoms with van der Waals surface area (Å²) in [5.74, 6) is 0.387. The number of nitrogens with zero attached hydrogens (tertiary/aromatic N) is 4. The highest BCUT2D eigenvalue weighted by Crippen LogP contribution is 2.40. The average molecular weight is 465 g/mol. The molecule has 1 aromatic heterocycles. The van der Waals surface area contributed by atoms with E-state index >= 15 is 0 Å². The highest BCUT2D eigenvalue weighted by molar-refractivity contribution is 5.81. The molecule has 6 heteroatoms. The second-order valence-corrected chi connectivity index (χ2v) is 11.0. The Morgan fingerprint density at radius 1 is 1.00 bits per heavy atom. The van der Waals surface area contributed by atoms with Crippen LogP contribution in [0.1, 0.15) is 56.9 Å². The Balaban J connectivity index is 1.45. The number of piperazine rings is 1. The Hall–Kier alpha value is -2.18. The van der Waals surface area contributed by atoms with Crippen molar-refractivity contribution in [2.24, 2.45) is 13.0 Å². The number of carbonyl (C=O) groups is 1. The third-order valence-electron chi connectivity index (χ3n) is 8.78. The van der Waals surface area contributed by atoms with Gasteiger partial charge in [-0.25, -0.2) is 0 Å². The Labute approximate surface area is 203 Å². The molecule has 3 aliphatic rings. The topological polar surface area (TPSA) is 48.8 Å². The third kappa shape index (κ3) is 4.55. The molecule has 2 aliphatic carbocycles. The van der Waals surface area contributed by atoms with E-state index in [4.69, 9.17) is 0 Å². The van der Waals surface area contributed by atoms with Crippen LogP contribution < -0.4 is 5.56 Å². The van der Waals surface area contributed by atoms with Crippen LogP contribution in [0.2, 0.25) is 0 Å².